The molecule has 2 aromatic carbocycles. The molecule has 2 aliphatic rings. The number of phenols is 2. The van der Waals surface area contributed by atoms with Crippen LogP contribution < -0.4 is 0 Å². The Balaban J connectivity index is 1.66. The second kappa shape index (κ2) is 8.20. The number of nitrogens with zero attached hydrogens (tertiary/aromatic N) is 2. The summed E-state index contributed by atoms with van der Waals surface area (Å²) in [5.74, 6) is -0.196. The van der Waals surface area contributed by atoms with Crippen molar-refractivity contribution >= 4 is 5.91 Å². The maximum Gasteiger partial charge on any atom is 0.241 e. The van der Waals surface area contributed by atoms with Crippen molar-refractivity contribution < 1.29 is 15.0 Å². The zero-order valence-electron chi connectivity index (χ0n) is 16.9. The molecule has 1 amide bonds. The fraction of sp³-hybridized carbons (Fsp3) is 0.240. The van der Waals surface area contributed by atoms with Crippen LogP contribution in [0.1, 0.15) is 16.7 Å². The van der Waals surface area contributed by atoms with Crippen LogP contribution in [0.4, 0.5) is 0 Å². The molecule has 2 atom stereocenters. The second-order valence-electron chi connectivity index (χ2n) is 7.89. The highest BCUT2D eigenvalue weighted by Crippen LogP contribution is 2.35. The molecule has 1 saturated heterocycles. The molecule has 2 aromatic rings. The van der Waals surface area contributed by atoms with Gasteiger partial charge in [0.1, 0.15) is 0 Å². The number of amides is 1. The Bertz CT molecular complexity index is 1030. The van der Waals surface area contributed by atoms with Gasteiger partial charge in [0.05, 0.1) is 12.2 Å². The van der Waals surface area contributed by atoms with Crippen molar-refractivity contribution in [1.82, 2.24) is 9.80 Å². The van der Waals surface area contributed by atoms with Crippen LogP contribution in [0, 0.1) is 0 Å². The molecule has 1 unspecified atom stereocenters. The normalized spacial score (nSPS) is 20.9. The Labute approximate surface area is 176 Å². The largest absolute Gasteiger partial charge is 0.504 e. The smallest absolute Gasteiger partial charge is 0.241 e. The molecule has 0 aliphatic carbocycles. The van der Waals surface area contributed by atoms with E-state index in [0.717, 1.165) is 11.1 Å². The van der Waals surface area contributed by atoms with E-state index in [2.05, 4.69) is 30.2 Å². The molecule has 30 heavy (non-hydrogen) atoms. The highest BCUT2D eigenvalue weighted by atomic mass is 16.3. The first-order valence-corrected chi connectivity index (χ1v) is 10.1. The van der Waals surface area contributed by atoms with Gasteiger partial charge in [0, 0.05) is 19.5 Å². The molecular weight excluding hydrogens is 376 g/mol. The Morgan fingerprint density at radius 3 is 2.63 bits per heavy atom. The molecule has 1 fully saturated rings. The molecule has 0 spiro atoms. The third kappa shape index (κ3) is 3.76. The monoisotopic (exact) mass is 402 g/mol. The molecule has 0 saturated carbocycles. The fourth-order valence-electron chi connectivity index (χ4n) is 4.40. The Hall–Kier alpha value is -3.31. The summed E-state index contributed by atoms with van der Waals surface area (Å²) >= 11 is 0. The number of carbonyl (C=O) groups is 1. The standard InChI is InChI=1S/C25H26N2O3/c1-3-4-7-17(2)15-27-24(13-18-10-11-22(28)23(29)12-18)26-16-20-9-6-5-8-19(20)14-21(26)25(27)30/h3-12,21,24,28-29H,1-2,13-16H2/b7-4-/t21-,24?/m0/s1. The highest BCUT2D eigenvalue weighted by molar-refractivity contribution is 5.85. The van der Waals surface area contributed by atoms with E-state index in [0.29, 0.717) is 25.9 Å². The Morgan fingerprint density at radius 2 is 1.90 bits per heavy atom. The molecule has 4 rings (SSSR count). The van der Waals surface area contributed by atoms with Crippen LogP contribution in [0.2, 0.25) is 0 Å². The van der Waals surface area contributed by atoms with E-state index in [1.54, 1.807) is 18.2 Å². The lowest BCUT2D eigenvalue weighted by Crippen LogP contribution is -2.44. The molecule has 2 N–H and O–H groups in total. The molecule has 5 heteroatoms. The Kier molecular flexibility index (Phi) is 5.46. The third-order valence-corrected chi connectivity index (χ3v) is 5.90. The van der Waals surface area contributed by atoms with E-state index in [9.17, 15) is 15.0 Å². The van der Waals surface area contributed by atoms with Gasteiger partial charge in [-0.1, -0.05) is 61.7 Å². The van der Waals surface area contributed by atoms with Crippen molar-refractivity contribution in [3.8, 4) is 11.5 Å². The summed E-state index contributed by atoms with van der Waals surface area (Å²) in [4.78, 5) is 17.5. The molecule has 5 nitrogen and oxygen atoms in total. The van der Waals surface area contributed by atoms with E-state index in [-0.39, 0.29) is 29.6 Å². The maximum absolute atomic E-state index is 13.4. The minimum Gasteiger partial charge on any atom is -0.504 e. The summed E-state index contributed by atoms with van der Waals surface area (Å²) in [5.41, 5.74) is 4.16. The van der Waals surface area contributed by atoms with Crippen molar-refractivity contribution in [1.29, 1.82) is 0 Å². The number of aromatic hydroxyl groups is 2. The maximum atomic E-state index is 13.4. The fourth-order valence-corrected chi connectivity index (χ4v) is 4.40. The number of hydrogen-bond acceptors (Lipinski definition) is 4. The molecular formula is C25H26N2O3. The first-order valence-electron chi connectivity index (χ1n) is 10.1. The van der Waals surface area contributed by atoms with Crippen LogP contribution in [-0.4, -0.2) is 44.7 Å². The van der Waals surface area contributed by atoms with Gasteiger partial charge in [-0.3, -0.25) is 9.69 Å². The van der Waals surface area contributed by atoms with Crippen LogP contribution in [0.5, 0.6) is 11.5 Å². The van der Waals surface area contributed by atoms with Gasteiger partial charge in [-0.05, 0) is 40.8 Å². The van der Waals surface area contributed by atoms with Gasteiger partial charge in [-0.2, -0.15) is 0 Å². The van der Waals surface area contributed by atoms with Gasteiger partial charge in [0.15, 0.2) is 11.5 Å². The number of rotatable bonds is 6. The lowest BCUT2D eigenvalue weighted by Gasteiger charge is -2.35. The van der Waals surface area contributed by atoms with Crippen molar-refractivity contribution in [2.45, 2.75) is 31.6 Å². The lowest BCUT2D eigenvalue weighted by atomic mass is 9.94. The molecule has 2 heterocycles. The number of hydrogen-bond donors (Lipinski definition) is 2. The summed E-state index contributed by atoms with van der Waals surface area (Å²) in [6, 6.07) is 12.9. The highest BCUT2D eigenvalue weighted by Gasteiger charge is 2.47. The van der Waals surface area contributed by atoms with Gasteiger partial charge in [-0.15, -0.1) is 0 Å². The van der Waals surface area contributed by atoms with E-state index in [1.807, 2.05) is 29.2 Å². The number of fused-ring (bicyclic) bond motifs is 2. The van der Waals surface area contributed by atoms with Crippen LogP contribution >= 0.6 is 0 Å². The summed E-state index contributed by atoms with van der Waals surface area (Å²) in [6.45, 7) is 8.91. The number of carbonyl (C=O) groups excluding carboxylic acids is 1. The molecule has 0 bridgehead atoms. The van der Waals surface area contributed by atoms with Crippen LogP contribution in [0.15, 0.2) is 79.4 Å². The minimum atomic E-state index is -0.202. The summed E-state index contributed by atoms with van der Waals surface area (Å²) in [7, 11) is 0. The predicted octanol–water partition coefficient (Wildman–Crippen LogP) is 3.53. The average Bonchev–Trinajstić information content (AvgIpc) is 2.98. The van der Waals surface area contributed by atoms with Gasteiger partial charge in [0.25, 0.3) is 0 Å². The number of phenolic OH excluding ortho intramolecular Hbond substituents is 2. The van der Waals surface area contributed by atoms with Gasteiger partial charge in [-0.25, -0.2) is 0 Å². The van der Waals surface area contributed by atoms with E-state index < -0.39 is 0 Å². The number of allylic oxidation sites excluding steroid dienone is 2. The first-order chi connectivity index (χ1) is 14.5. The summed E-state index contributed by atoms with van der Waals surface area (Å²) in [6.07, 6.45) is 6.46. The SMILES string of the molecule is C=C/C=C\C(=C)CN1C(=O)[C@@H]2Cc3ccccc3CN2C1Cc1ccc(O)c(O)c1. The third-order valence-electron chi connectivity index (χ3n) is 5.90. The molecule has 0 radical (unpaired) electrons. The van der Waals surface area contributed by atoms with E-state index in [4.69, 9.17) is 0 Å². The second-order valence-corrected chi connectivity index (χ2v) is 7.89. The summed E-state index contributed by atoms with van der Waals surface area (Å²) in [5, 5.41) is 19.6. The minimum absolute atomic E-state index is 0.102. The zero-order valence-corrected chi connectivity index (χ0v) is 16.9. The van der Waals surface area contributed by atoms with Crippen LogP contribution in [-0.2, 0) is 24.2 Å². The summed E-state index contributed by atoms with van der Waals surface area (Å²) < 4.78 is 0. The van der Waals surface area contributed by atoms with Crippen molar-refractivity contribution in [2.24, 2.45) is 0 Å². The molecule has 154 valence electrons. The predicted molar refractivity (Wildman–Crippen MR) is 117 cm³/mol. The van der Waals surface area contributed by atoms with Gasteiger partial charge >= 0.3 is 0 Å². The topological polar surface area (TPSA) is 64.0 Å². The van der Waals surface area contributed by atoms with Crippen LogP contribution in [0.3, 0.4) is 0 Å². The van der Waals surface area contributed by atoms with E-state index >= 15 is 0 Å². The first kappa shape index (κ1) is 20.0. The zero-order chi connectivity index (χ0) is 21.3. The molecule has 0 aromatic heterocycles. The van der Waals surface area contributed by atoms with Gasteiger partial charge in [0.2, 0.25) is 5.91 Å². The average molecular weight is 402 g/mol. The van der Waals surface area contributed by atoms with Crippen molar-refractivity contribution in [3.05, 3.63) is 96.1 Å². The van der Waals surface area contributed by atoms with Crippen molar-refractivity contribution in [3.63, 3.8) is 0 Å². The Morgan fingerprint density at radius 1 is 1.13 bits per heavy atom. The quantitative estimate of drug-likeness (QED) is 0.573. The molecule has 2 aliphatic heterocycles. The number of benzene rings is 2. The lowest BCUT2D eigenvalue weighted by molar-refractivity contribution is -0.129. The van der Waals surface area contributed by atoms with Crippen molar-refractivity contribution in [2.75, 3.05) is 6.54 Å². The van der Waals surface area contributed by atoms with Gasteiger partial charge < -0.3 is 15.1 Å². The van der Waals surface area contributed by atoms with E-state index in [1.165, 1.54) is 17.2 Å². The van der Waals surface area contributed by atoms with Crippen LogP contribution in [0.25, 0.3) is 0 Å².